The second-order valence-corrected chi connectivity index (χ2v) is 5.41. The molecule has 0 aliphatic carbocycles. The molecule has 1 aromatic carbocycles. The average molecular weight is 277 g/mol. The fourth-order valence-electron chi connectivity index (χ4n) is 2.71. The van der Waals surface area contributed by atoms with Gasteiger partial charge in [-0.25, -0.2) is 0 Å². The van der Waals surface area contributed by atoms with Crippen molar-refractivity contribution in [2.75, 3.05) is 32.1 Å². The summed E-state index contributed by atoms with van der Waals surface area (Å²) in [6, 6.07) is 8.28. The van der Waals surface area contributed by atoms with Crippen LogP contribution in [0.2, 0.25) is 0 Å². The summed E-state index contributed by atoms with van der Waals surface area (Å²) in [4.78, 5) is 14.3. The zero-order valence-corrected chi connectivity index (χ0v) is 12.3. The molecule has 5 heteroatoms. The number of piperazine rings is 1. The van der Waals surface area contributed by atoms with Gasteiger partial charge >= 0.3 is 0 Å². The van der Waals surface area contributed by atoms with Gasteiger partial charge in [0.25, 0.3) is 0 Å². The van der Waals surface area contributed by atoms with E-state index < -0.39 is 0 Å². The summed E-state index contributed by atoms with van der Waals surface area (Å²) in [5.41, 5.74) is 0.719. The van der Waals surface area contributed by atoms with E-state index in [4.69, 9.17) is 4.74 Å². The van der Waals surface area contributed by atoms with Crippen molar-refractivity contribution in [2.45, 2.75) is 25.9 Å². The predicted molar refractivity (Wildman–Crippen MR) is 80.1 cm³/mol. The molecule has 0 bridgehead atoms. The molecule has 0 aromatic heterocycles. The van der Waals surface area contributed by atoms with E-state index in [1.807, 2.05) is 24.3 Å². The van der Waals surface area contributed by atoms with Gasteiger partial charge in [0.2, 0.25) is 5.91 Å². The number of ether oxygens (including phenoxy) is 1. The lowest BCUT2D eigenvalue weighted by molar-refractivity contribution is -0.117. The van der Waals surface area contributed by atoms with Crippen LogP contribution in [-0.4, -0.2) is 49.6 Å². The number of carbonyl (C=O) groups excluding carboxylic acids is 1. The van der Waals surface area contributed by atoms with Gasteiger partial charge in [-0.2, -0.15) is 0 Å². The summed E-state index contributed by atoms with van der Waals surface area (Å²) in [5, 5.41) is 6.37. The first-order valence-corrected chi connectivity index (χ1v) is 6.99. The Labute approximate surface area is 120 Å². The molecule has 1 aliphatic rings. The number of nitrogens with zero attached hydrogens (tertiary/aromatic N) is 1. The van der Waals surface area contributed by atoms with Crippen molar-refractivity contribution < 1.29 is 9.53 Å². The van der Waals surface area contributed by atoms with Crippen molar-refractivity contribution in [3.63, 3.8) is 0 Å². The molecule has 1 amide bonds. The smallest absolute Gasteiger partial charge is 0.238 e. The number of nitrogens with one attached hydrogen (secondary N) is 2. The number of methoxy groups -OCH3 is 1. The van der Waals surface area contributed by atoms with Crippen molar-refractivity contribution in [3.8, 4) is 5.75 Å². The predicted octanol–water partition coefficient (Wildman–Crippen LogP) is 1.32. The maximum absolute atomic E-state index is 12.1. The van der Waals surface area contributed by atoms with Crippen molar-refractivity contribution in [1.82, 2.24) is 10.2 Å². The third-order valence-electron chi connectivity index (χ3n) is 3.38. The van der Waals surface area contributed by atoms with Crippen molar-refractivity contribution in [2.24, 2.45) is 0 Å². The Kier molecular flexibility index (Phi) is 4.98. The van der Waals surface area contributed by atoms with E-state index in [1.165, 1.54) is 0 Å². The van der Waals surface area contributed by atoms with Gasteiger partial charge < -0.3 is 15.4 Å². The Morgan fingerprint density at radius 3 is 2.65 bits per heavy atom. The highest BCUT2D eigenvalue weighted by Crippen LogP contribution is 2.22. The van der Waals surface area contributed by atoms with Gasteiger partial charge in [0, 0.05) is 25.2 Å². The highest BCUT2D eigenvalue weighted by atomic mass is 16.5. The van der Waals surface area contributed by atoms with Crippen molar-refractivity contribution in [3.05, 3.63) is 24.3 Å². The van der Waals surface area contributed by atoms with Crippen molar-refractivity contribution >= 4 is 11.6 Å². The molecule has 2 unspecified atom stereocenters. The normalized spacial score (nSPS) is 23.4. The molecule has 1 fully saturated rings. The minimum atomic E-state index is -0.00389. The molecular weight excluding hydrogens is 254 g/mol. The van der Waals surface area contributed by atoms with Crippen LogP contribution >= 0.6 is 0 Å². The Hall–Kier alpha value is -1.59. The number of hydrogen-bond acceptors (Lipinski definition) is 4. The van der Waals surface area contributed by atoms with Gasteiger partial charge in [0.05, 0.1) is 19.3 Å². The molecule has 0 radical (unpaired) electrons. The number of carbonyl (C=O) groups is 1. The van der Waals surface area contributed by atoms with E-state index in [-0.39, 0.29) is 5.91 Å². The largest absolute Gasteiger partial charge is 0.495 e. The van der Waals surface area contributed by atoms with Crippen LogP contribution in [-0.2, 0) is 4.79 Å². The van der Waals surface area contributed by atoms with Gasteiger partial charge in [-0.05, 0) is 26.0 Å². The van der Waals surface area contributed by atoms with Crippen LogP contribution in [0.15, 0.2) is 24.3 Å². The fourth-order valence-corrected chi connectivity index (χ4v) is 2.71. The van der Waals surface area contributed by atoms with Crippen LogP contribution in [0.3, 0.4) is 0 Å². The lowest BCUT2D eigenvalue weighted by atomic mass is 10.1. The van der Waals surface area contributed by atoms with E-state index >= 15 is 0 Å². The van der Waals surface area contributed by atoms with Gasteiger partial charge in [-0.15, -0.1) is 0 Å². The molecular formula is C15H23N3O2. The number of rotatable bonds is 4. The maximum Gasteiger partial charge on any atom is 0.238 e. The number of para-hydroxylation sites is 2. The Morgan fingerprint density at radius 2 is 2.00 bits per heavy atom. The summed E-state index contributed by atoms with van der Waals surface area (Å²) >= 11 is 0. The topological polar surface area (TPSA) is 53.6 Å². The third kappa shape index (κ3) is 3.95. The van der Waals surface area contributed by atoms with Crippen LogP contribution < -0.4 is 15.4 Å². The average Bonchev–Trinajstić information content (AvgIpc) is 2.37. The molecule has 0 saturated carbocycles. The molecule has 5 nitrogen and oxygen atoms in total. The van der Waals surface area contributed by atoms with E-state index in [0.717, 1.165) is 18.8 Å². The quantitative estimate of drug-likeness (QED) is 0.871. The molecule has 20 heavy (non-hydrogen) atoms. The standard InChI is InChI=1S/C15H23N3O2/c1-11-8-18(9-12(2)16-11)10-15(19)17-13-6-4-5-7-14(13)20-3/h4-7,11-12,16H,8-10H2,1-3H3,(H,17,19). The zero-order valence-electron chi connectivity index (χ0n) is 12.3. The lowest BCUT2D eigenvalue weighted by Gasteiger charge is -2.35. The first kappa shape index (κ1) is 14.8. The summed E-state index contributed by atoms with van der Waals surface area (Å²) in [6.45, 7) is 6.48. The number of hydrogen-bond donors (Lipinski definition) is 2. The number of benzene rings is 1. The maximum atomic E-state index is 12.1. The van der Waals surface area contributed by atoms with Gasteiger partial charge in [-0.3, -0.25) is 9.69 Å². The van der Waals surface area contributed by atoms with Gasteiger partial charge in [0.15, 0.2) is 0 Å². The molecule has 2 rings (SSSR count). The van der Waals surface area contributed by atoms with Crippen molar-refractivity contribution in [1.29, 1.82) is 0 Å². The van der Waals surface area contributed by atoms with E-state index in [1.54, 1.807) is 7.11 Å². The number of anilines is 1. The SMILES string of the molecule is COc1ccccc1NC(=O)CN1CC(C)NC(C)C1. The molecule has 1 saturated heterocycles. The number of amides is 1. The second-order valence-electron chi connectivity index (χ2n) is 5.41. The van der Waals surface area contributed by atoms with Crippen LogP contribution in [0.1, 0.15) is 13.8 Å². The molecule has 1 heterocycles. The summed E-state index contributed by atoms with van der Waals surface area (Å²) in [7, 11) is 1.60. The van der Waals surface area contributed by atoms with Gasteiger partial charge in [-0.1, -0.05) is 12.1 Å². The Bertz CT molecular complexity index is 454. The Balaban J connectivity index is 1.92. The highest BCUT2D eigenvalue weighted by Gasteiger charge is 2.22. The summed E-state index contributed by atoms with van der Waals surface area (Å²) in [5.74, 6) is 0.679. The third-order valence-corrected chi connectivity index (χ3v) is 3.38. The summed E-state index contributed by atoms with van der Waals surface area (Å²) < 4.78 is 5.23. The van der Waals surface area contributed by atoms with E-state index in [2.05, 4.69) is 29.4 Å². The van der Waals surface area contributed by atoms with Crippen LogP contribution in [0.25, 0.3) is 0 Å². The first-order chi connectivity index (χ1) is 9.58. The second kappa shape index (κ2) is 6.72. The van der Waals surface area contributed by atoms with E-state index in [0.29, 0.717) is 24.4 Å². The zero-order chi connectivity index (χ0) is 14.5. The molecule has 2 N–H and O–H groups in total. The molecule has 1 aromatic rings. The minimum Gasteiger partial charge on any atom is -0.495 e. The first-order valence-electron chi connectivity index (χ1n) is 6.99. The molecule has 110 valence electrons. The van der Waals surface area contributed by atoms with Crippen LogP contribution in [0, 0.1) is 0 Å². The van der Waals surface area contributed by atoms with Crippen LogP contribution in [0.4, 0.5) is 5.69 Å². The Morgan fingerprint density at radius 1 is 1.35 bits per heavy atom. The van der Waals surface area contributed by atoms with Gasteiger partial charge in [0.1, 0.15) is 5.75 Å². The van der Waals surface area contributed by atoms with E-state index in [9.17, 15) is 4.79 Å². The van der Waals surface area contributed by atoms with Crippen LogP contribution in [0.5, 0.6) is 5.75 Å². The molecule has 1 aliphatic heterocycles. The minimum absolute atomic E-state index is 0.00389. The fraction of sp³-hybridized carbons (Fsp3) is 0.533. The molecule has 2 atom stereocenters. The molecule has 0 spiro atoms. The summed E-state index contributed by atoms with van der Waals surface area (Å²) in [6.07, 6.45) is 0. The lowest BCUT2D eigenvalue weighted by Crippen LogP contribution is -2.55. The monoisotopic (exact) mass is 277 g/mol. The highest BCUT2D eigenvalue weighted by molar-refractivity contribution is 5.93.